The third-order valence-corrected chi connectivity index (χ3v) is 2.50. The van der Waals surface area contributed by atoms with Crippen molar-refractivity contribution in [3.8, 4) is 0 Å². The summed E-state index contributed by atoms with van der Waals surface area (Å²) in [5.74, 6) is -0.546. The second kappa shape index (κ2) is 6.85. The molecule has 1 aromatic rings. The lowest BCUT2D eigenvalue weighted by atomic mass is 10.1. The van der Waals surface area contributed by atoms with Gasteiger partial charge in [-0.1, -0.05) is 0 Å². The molecule has 0 fully saturated rings. The quantitative estimate of drug-likeness (QED) is 0.629. The second-order valence-electron chi connectivity index (χ2n) is 3.87. The Labute approximate surface area is 101 Å². The fourth-order valence-electron chi connectivity index (χ4n) is 1.58. The number of hydrogen-bond acceptors (Lipinski definition) is 4. The molecule has 0 aliphatic rings. The molecule has 0 saturated carbocycles. The van der Waals surface area contributed by atoms with Crippen LogP contribution in [0.15, 0.2) is 12.3 Å². The van der Waals surface area contributed by atoms with Crippen LogP contribution in [0.5, 0.6) is 0 Å². The van der Waals surface area contributed by atoms with Crippen molar-refractivity contribution < 1.29 is 15.0 Å². The highest BCUT2D eigenvalue weighted by Gasteiger charge is 2.13. The summed E-state index contributed by atoms with van der Waals surface area (Å²) < 4.78 is 0. The molecular formula is C12H18N2O3. The van der Waals surface area contributed by atoms with Crippen molar-refractivity contribution >= 4 is 11.8 Å². The van der Waals surface area contributed by atoms with Crippen LogP contribution < -0.4 is 5.32 Å². The lowest BCUT2D eigenvalue weighted by Crippen LogP contribution is -2.11. The van der Waals surface area contributed by atoms with Crippen molar-refractivity contribution in [3.05, 3.63) is 23.4 Å². The van der Waals surface area contributed by atoms with Gasteiger partial charge in [0.1, 0.15) is 11.4 Å². The van der Waals surface area contributed by atoms with Crippen molar-refractivity contribution in [1.82, 2.24) is 4.98 Å². The summed E-state index contributed by atoms with van der Waals surface area (Å²) in [5, 5.41) is 20.7. The molecule has 0 spiro atoms. The fourth-order valence-corrected chi connectivity index (χ4v) is 1.58. The zero-order valence-corrected chi connectivity index (χ0v) is 9.94. The third-order valence-electron chi connectivity index (χ3n) is 2.50. The number of carboxylic acids is 1. The van der Waals surface area contributed by atoms with Gasteiger partial charge in [-0.25, -0.2) is 9.78 Å². The van der Waals surface area contributed by atoms with E-state index in [1.807, 2.05) is 0 Å². The molecule has 0 aliphatic carbocycles. The Morgan fingerprint density at radius 1 is 1.41 bits per heavy atom. The zero-order valence-electron chi connectivity index (χ0n) is 9.94. The van der Waals surface area contributed by atoms with Crippen molar-refractivity contribution in [2.24, 2.45) is 0 Å². The monoisotopic (exact) mass is 238 g/mol. The maximum Gasteiger partial charge on any atom is 0.339 e. The highest BCUT2D eigenvalue weighted by atomic mass is 16.4. The van der Waals surface area contributed by atoms with Crippen molar-refractivity contribution in [3.63, 3.8) is 0 Å². The normalized spacial score (nSPS) is 10.2. The summed E-state index contributed by atoms with van der Waals surface area (Å²) in [4.78, 5) is 15.1. The third kappa shape index (κ3) is 4.03. The van der Waals surface area contributed by atoms with E-state index in [0.717, 1.165) is 19.3 Å². The minimum atomic E-state index is -0.964. The number of pyridine rings is 1. The molecule has 5 nitrogen and oxygen atoms in total. The Bertz CT molecular complexity index is 380. The van der Waals surface area contributed by atoms with Gasteiger partial charge in [-0.05, 0) is 37.8 Å². The Kier molecular flexibility index (Phi) is 5.42. The number of nitrogens with one attached hydrogen (secondary N) is 1. The highest BCUT2D eigenvalue weighted by molar-refractivity contribution is 5.94. The Morgan fingerprint density at radius 2 is 2.18 bits per heavy atom. The van der Waals surface area contributed by atoms with E-state index in [-0.39, 0.29) is 12.2 Å². The molecule has 94 valence electrons. The Hall–Kier alpha value is -1.62. The number of aliphatic hydroxyl groups excluding tert-OH is 1. The first-order valence-corrected chi connectivity index (χ1v) is 5.70. The largest absolute Gasteiger partial charge is 0.478 e. The van der Waals surface area contributed by atoms with Crippen LogP contribution in [-0.2, 0) is 0 Å². The van der Waals surface area contributed by atoms with Crippen LogP contribution in [0.1, 0.15) is 35.2 Å². The number of aromatic nitrogens is 1. The fraction of sp³-hybridized carbons (Fsp3) is 0.500. The topological polar surface area (TPSA) is 82.5 Å². The number of carboxylic acid groups (broad SMARTS) is 1. The maximum absolute atomic E-state index is 11.1. The van der Waals surface area contributed by atoms with E-state index in [4.69, 9.17) is 10.2 Å². The van der Waals surface area contributed by atoms with Crippen molar-refractivity contribution in [2.45, 2.75) is 26.2 Å². The smallest absolute Gasteiger partial charge is 0.339 e. The molecule has 17 heavy (non-hydrogen) atoms. The maximum atomic E-state index is 11.1. The average Bonchev–Trinajstić information content (AvgIpc) is 2.28. The molecule has 1 aromatic heterocycles. The lowest BCUT2D eigenvalue weighted by Gasteiger charge is -2.09. The molecule has 1 heterocycles. The number of nitrogens with zero attached hydrogens (tertiary/aromatic N) is 1. The molecule has 1 rings (SSSR count). The van der Waals surface area contributed by atoms with Crippen LogP contribution in [-0.4, -0.2) is 34.3 Å². The Morgan fingerprint density at radius 3 is 2.82 bits per heavy atom. The second-order valence-corrected chi connectivity index (χ2v) is 3.87. The van der Waals surface area contributed by atoms with Gasteiger partial charge in [-0.3, -0.25) is 0 Å². The molecule has 0 radical (unpaired) electrons. The van der Waals surface area contributed by atoms with Crippen LogP contribution >= 0.6 is 0 Å². The average molecular weight is 238 g/mol. The minimum Gasteiger partial charge on any atom is -0.478 e. The van der Waals surface area contributed by atoms with Crippen molar-refractivity contribution in [2.75, 3.05) is 18.5 Å². The number of aliphatic hydroxyl groups is 1. The number of rotatable bonds is 7. The highest BCUT2D eigenvalue weighted by Crippen LogP contribution is 2.16. The summed E-state index contributed by atoms with van der Waals surface area (Å²) in [5.41, 5.74) is 0.931. The van der Waals surface area contributed by atoms with Gasteiger partial charge in [0, 0.05) is 19.3 Å². The molecule has 0 unspecified atom stereocenters. The Balaban J connectivity index is 2.58. The summed E-state index contributed by atoms with van der Waals surface area (Å²) in [7, 11) is 0. The van der Waals surface area contributed by atoms with E-state index in [2.05, 4.69) is 10.3 Å². The van der Waals surface area contributed by atoms with Crippen LogP contribution in [0.25, 0.3) is 0 Å². The molecule has 0 aromatic carbocycles. The molecule has 5 heteroatoms. The van der Waals surface area contributed by atoms with Gasteiger partial charge in [0.25, 0.3) is 0 Å². The standard InChI is InChI=1S/C12H18N2O3/c1-9-5-7-14-11(10(9)12(16)17)13-6-3-2-4-8-15/h5,7,15H,2-4,6,8H2,1H3,(H,13,14)(H,16,17). The van der Waals surface area contributed by atoms with Crippen LogP contribution in [0, 0.1) is 6.92 Å². The summed E-state index contributed by atoms with van der Waals surface area (Å²) >= 11 is 0. The van der Waals surface area contributed by atoms with E-state index in [1.54, 1.807) is 19.2 Å². The number of unbranched alkanes of at least 4 members (excludes halogenated alkanes) is 2. The first kappa shape index (κ1) is 13.4. The molecule has 0 atom stereocenters. The molecule has 3 N–H and O–H groups in total. The SMILES string of the molecule is Cc1ccnc(NCCCCCO)c1C(=O)O. The zero-order chi connectivity index (χ0) is 12.7. The van der Waals surface area contributed by atoms with E-state index in [0.29, 0.717) is 17.9 Å². The molecule has 0 saturated heterocycles. The van der Waals surface area contributed by atoms with Crippen molar-refractivity contribution in [1.29, 1.82) is 0 Å². The minimum absolute atomic E-state index is 0.197. The van der Waals surface area contributed by atoms with Gasteiger partial charge in [0.2, 0.25) is 0 Å². The van der Waals surface area contributed by atoms with Crippen LogP contribution in [0.2, 0.25) is 0 Å². The van der Waals surface area contributed by atoms with Gasteiger partial charge in [0.05, 0.1) is 0 Å². The van der Waals surface area contributed by atoms with Crippen LogP contribution in [0.3, 0.4) is 0 Å². The molecule has 0 bridgehead atoms. The first-order valence-electron chi connectivity index (χ1n) is 5.70. The first-order chi connectivity index (χ1) is 8.16. The molecule has 0 aliphatic heterocycles. The van der Waals surface area contributed by atoms with Gasteiger partial charge >= 0.3 is 5.97 Å². The number of hydrogen-bond donors (Lipinski definition) is 3. The van der Waals surface area contributed by atoms with Gasteiger partial charge in [0.15, 0.2) is 0 Å². The van der Waals surface area contributed by atoms with Gasteiger partial charge in [-0.2, -0.15) is 0 Å². The number of aromatic carboxylic acids is 1. The lowest BCUT2D eigenvalue weighted by molar-refractivity contribution is 0.0697. The predicted octanol–water partition coefficient (Wildman–Crippen LogP) is 1.66. The van der Waals surface area contributed by atoms with Gasteiger partial charge < -0.3 is 15.5 Å². The summed E-state index contributed by atoms with van der Waals surface area (Å²) in [6.45, 7) is 2.61. The van der Waals surface area contributed by atoms with Crippen LogP contribution in [0.4, 0.5) is 5.82 Å². The van der Waals surface area contributed by atoms with E-state index >= 15 is 0 Å². The number of anilines is 1. The summed E-state index contributed by atoms with van der Waals surface area (Å²) in [6, 6.07) is 1.68. The van der Waals surface area contributed by atoms with E-state index in [1.165, 1.54) is 0 Å². The molecular weight excluding hydrogens is 220 g/mol. The number of carbonyl (C=O) groups is 1. The van der Waals surface area contributed by atoms with Gasteiger partial charge in [-0.15, -0.1) is 0 Å². The van der Waals surface area contributed by atoms with E-state index < -0.39 is 5.97 Å². The van der Waals surface area contributed by atoms with E-state index in [9.17, 15) is 4.79 Å². The number of aryl methyl sites for hydroxylation is 1. The molecule has 0 amide bonds. The summed E-state index contributed by atoms with van der Waals surface area (Å²) in [6.07, 6.45) is 4.17. The predicted molar refractivity (Wildman–Crippen MR) is 65.4 cm³/mol.